The second-order valence-corrected chi connectivity index (χ2v) is 6.64. The zero-order valence-electron chi connectivity index (χ0n) is 14.6. The van der Waals surface area contributed by atoms with E-state index in [1.165, 1.54) is 17.0 Å². The number of likely N-dealkylation sites (N-methyl/N-ethyl adjacent to an activating group) is 1. The molecular weight excluding hydrogens is 288 g/mol. The van der Waals surface area contributed by atoms with E-state index >= 15 is 0 Å². The lowest BCUT2D eigenvalue weighted by atomic mass is 10.0. The Bertz CT molecular complexity index is 516. The van der Waals surface area contributed by atoms with Crippen LogP contribution in [-0.2, 0) is 4.79 Å². The summed E-state index contributed by atoms with van der Waals surface area (Å²) in [5.74, 6) is 0.522. The maximum atomic E-state index is 11.9. The minimum Gasteiger partial charge on any atom is -0.326 e. The molecule has 0 radical (unpaired) electrons. The molecule has 2 rings (SSSR count). The summed E-state index contributed by atoms with van der Waals surface area (Å²) in [6, 6.07) is 8.27. The summed E-state index contributed by atoms with van der Waals surface area (Å²) in [6.45, 7) is 12.7. The van der Waals surface area contributed by atoms with Gasteiger partial charge >= 0.3 is 0 Å². The largest absolute Gasteiger partial charge is 0.326 e. The topological polar surface area (TPSA) is 50.3 Å². The van der Waals surface area contributed by atoms with Gasteiger partial charge in [0.1, 0.15) is 26.2 Å². The Kier molecular flexibility index (Phi) is 6.74. The molecule has 5 nitrogen and oxygen atoms in total. The highest BCUT2D eigenvalue weighted by molar-refractivity contribution is 5.82. The van der Waals surface area contributed by atoms with Gasteiger partial charge in [0.25, 0.3) is 5.91 Å². The van der Waals surface area contributed by atoms with Crippen LogP contribution in [0.5, 0.6) is 0 Å². The first kappa shape index (κ1) is 17.6. The molecule has 0 unspecified atom stereocenters. The molecule has 0 bridgehead atoms. The van der Waals surface area contributed by atoms with Crippen molar-refractivity contribution in [1.29, 1.82) is 0 Å². The van der Waals surface area contributed by atoms with Crippen molar-refractivity contribution in [3.05, 3.63) is 35.4 Å². The molecule has 0 saturated carbocycles. The Morgan fingerprint density at radius 1 is 1.17 bits per heavy atom. The van der Waals surface area contributed by atoms with Crippen LogP contribution in [0.2, 0.25) is 0 Å². The van der Waals surface area contributed by atoms with Gasteiger partial charge in [-0.2, -0.15) is 5.10 Å². The summed E-state index contributed by atoms with van der Waals surface area (Å²) in [5.41, 5.74) is 4.95. The third-order valence-corrected chi connectivity index (χ3v) is 4.58. The van der Waals surface area contributed by atoms with Gasteiger partial charge in [0.05, 0.1) is 12.8 Å². The highest BCUT2D eigenvalue weighted by Crippen LogP contribution is 2.13. The third-order valence-electron chi connectivity index (χ3n) is 4.58. The number of benzene rings is 1. The number of quaternary nitrogens is 2. The fraction of sp³-hybridized carbons (Fsp3) is 0.556. The van der Waals surface area contributed by atoms with Crippen molar-refractivity contribution in [2.45, 2.75) is 26.7 Å². The van der Waals surface area contributed by atoms with E-state index in [1.54, 1.807) is 11.1 Å². The molecule has 1 aliphatic rings. The molecule has 1 aromatic rings. The molecule has 0 aliphatic carbocycles. The molecule has 3 N–H and O–H groups in total. The monoisotopic (exact) mass is 318 g/mol. The first-order chi connectivity index (χ1) is 11.1. The molecule has 1 aromatic carbocycles. The molecule has 1 saturated heterocycles. The van der Waals surface area contributed by atoms with Crippen LogP contribution >= 0.6 is 0 Å². The van der Waals surface area contributed by atoms with Gasteiger partial charge in [-0.3, -0.25) is 4.79 Å². The van der Waals surface area contributed by atoms with E-state index in [4.69, 9.17) is 0 Å². The number of nitrogens with zero attached hydrogens (tertiary/aromatic N) is 1. The number of nitrogens with one attached hydrogen (secondary N) is 3. The summed E-state index contributed by atoms with van der Waals surface area (Å²) in [4.78, 5) is 14.9. The maximum Gasteiger partial charge on any atom is 0.295 e. The quantitative estimate of drug-likeness (QED) is 0.460. The molecule has 0 atom stereocenters. The molecule has 0 spiro atoms. The van der Waals surface area contributed by atoms with Crippen LogP contribution in [0.1, 0.15) is 37.8 Å². The van der Waals surface area contributed by atoms with Crippen LogP contribution in [0.4, 0.5) is 0 Å². The van der Waals surface area contributed by atoms with E-state index in [1.807, 2.05) is 12.1 Å². The summed E-state index contributed by atoms with van der Waals surface area (Å²) >= 11 is 0. The minimum atomic E-state index is -0.00463. The van der Waals surface area contributed by atoms with Crippen LogP contribution in [-0.4, -0.2) is 51.4 Å². The van der Waals surface area contributed by atoms with Gasteiger partial charge in [0.15, 0.2) is 6.54 Å². The number of carbonyl (C=O) groups excluding carboxylic acids is 1. The van der Waals surface area contributed by atoms with Gasteiger partial charge < -0.3 is 9.80 Å². The number of hydrogen-bond acceptors (Lipinski definition) is 2. The van der Waals surface area contributed by atoms with Gasteiger partial charge in [0.2, 0.25) is 0 Å². The van der Waals surface area contributed by atoms with Gasteiger partial charge in [-0.15, -0.1) is 0 Å². The summed E-state index contributed by atoms with van der Waals surface area (Å²) in [7, 11) is 0. The van der Waals surface area contributed by atoms with Crippen LogP contribution in [0, 0.1) is 0 Å². The molecule has 0 aromatic heterocycles. The Morgan fingerprint density at radius 3 is 2.35 bits per heavy atom. The highest BCUT2D eigenvalue weighted by Gasteiger charge is 2.23. The minimum absolute atomic E-state index is 0.00463. The molecule has 1 aliphatic heterocycles. The van der Waals surface area contributed by atoms with Crippen LogP contribution < -0.4 is 15.2 Å². The van der Waals surface area contributed by atoms with E-state index < -0.39 is 0 Å². The molecule has 5 heteroatoms. The SMILES string of the molecule is CC[NH+]1CC[NH+](CC(=O)N/N=C\c2ccc(C(C)C)cc2)CC1. The molecule has 1 heterocycles. The van der Waals surface area contributed by atoms with Crippen LogP contribution in [0.25, 0.3) is 0 Å². The number of piperazine rings is 1. The molecule has 1 amide bonds. The van der Waals surface area contributed by atoms with Gasteiger partial charge in [-0.05, 0) is 24.0 Å². The zero-order valence-corrected chi connectivity index (χ0v) is 14.6. The Morgan fingerprint density at radius 2 is 1.78 bits per heavy atom. The van der Waals surface area contributed by atoms with Gasteiger partial charge in [0, 0.05) is 0 Å². The van der Waals surface area contributed by atoms with Crippen molar-refractivity contribution < 1.29 is 14.6 Å². The van der Waals surface area contributed by atoms with Gasteiger partial charge in [-0.1, -0.05) is 38.1 Å². The van der Waals surface area contributed by atoms with Gasteiger partial charge in [-0.25, -0.2) is 5.43 Å². The maximum absolute atomic E-state index is 11.9. The Labute approximate surface area is 139 Å². The zero-order chi connectivity index (χ0) is 16.7. The Balaban J connectivity index is 1.73. The molecule has 1 fully saturated rings. The number of rotatable bonds is 6. The van der Waals surface area contributed by atoms with Crippen LogP contribution in [0.15, 0.2) is 29.4 Å². The second-order valence-electron chi connectivity index (χ2n) is 6.64. The lowest BCUT2D eigenvalue weighted by Crippen LogP contribution is -3.28. The summed E-state index contributed by atoms with van der Waals surface area (Å²) in [5, 5.41) is 4.07. The average Bonchev–Trinajstić information content (AvgIpc) is 2.56. The molecule has 23 heavy (non-hydrogen) atoms. The predicted molar refractivity (Wildman–Crippen MR) is 93.1 cm³/mol. The number of carbonyl (C=O) groups is 1. The van der Waals surface area contributed by atoms with Crippen molar-refractivity contribution in [1.82, 2.24) is 5.43 Å². The molecule has 126 valence electrons. The number of hydrogen-bond donors (Lipinski definition) is 3. The van der Waals surface area contributed by atoms with Crippen LogP contribution in [0.3, 0.4) is 0 Å². The first-order valence-electron chi connectivity index (χ1n) is 8.67. The number of amides is 1. The van der Waals surface area contributed by atoms with E-state index in [2.05, 4.69) is 43.4 Å². The highest BCUT2D eigenvalue weighted by atomic mass is 16.2. The van der Waals surface area contributed by atoms with E-state index in [9.17, 15) is 4.79 Å². The average molecular weight is 318 g/mol. The summed E-state index contributed by atoms with van der Waals surface area (Å²) in [6.07, 6.45) is 1.70. The van der Waals surface area contributed by atoms with Crippen molar-refractivity contribution in [3.63, 3.8) is 0 Å². The lowest BCUT2D eigenvalue weighted by molar-refractivity contribution is -1.01. The second kappa shape index (κ2) is 8.79. The van der Waals surface area contributed by atoms with E-state index in [-0.39, 0.29) is 5.91 Å². The third kappa shape index (κ3) is 5.77. The van der Waals surface area contributed by atoms with Crippen molar-refractivity contribution in [2.24, 2.45) is 5.10 Å². The lowest BCUT2D eigenvalue weighted by Gasteiger charge is -2.28. The normalized spacial score (nSPS) is 21.7. The standard InChI is InChI=1S/C18H28N4O/c1-4-21-9-11-22(12-10-21)14-18(23)20-19-13-16-5-7-17(8-6-16)15(2)3/h5-8,13,15H,4,9-12,14H2,1-3H3,(H,20,23)/p+2/b19-13-. The number of hydrazone groups is 1. The van der Waals surface area contributed by atoms with E-state index in [0.29, 0.717) is 12.5 Å². The molecular formula is C18H30N4O+2. The van der Waals surface area contributed by atoms with Crippen molar-refractivity contribution in [2.75, 3.05) is 39.3 Å². The first-order valence-corrected chi connectivity index (χ1v) is 8.67. The van der Waals surface area contributed by atoms with E-state index in [0.717, 1.165) is 31.7 Å². The van der Waals surface area contributed by atoms with Crippen molar-refractivity contribution in [3.8, 4) is 0 Å². The fourth-order valence-electron chi connectivity index (χ4n) is 2.90. The fourth-order valence-corrected chi connectivity index (χ4v) is 2.90. The summed E-state index contributed by atoms with van der Waals surface area (Å²) < 4.78 is 0. The smallest absolute Gasteiger partial charge is 0.295 e. The predicted octanol–water partition coefficient (Wildman–Crippen LogP) is -0.937. The Hall–Kier alpha value is -1.72. The van der Waals surface area contributed by atoms with Crippen molar-refractivity contribution >= 4 is 12.1 Å².